The highest BCUT2D eigenvalue weighted by molar-refractivity contribution is 7.98. The number of aryl methyl sites for hydroxylation is 1. The number of rotatable bonds is 4. The molecule has 0 unspecified atom stereocenters. The molecule has 0 radical (unpaired) electrons. The molecule has 18 heavy (non-hydrogen) atoms. The van der Waals surface area contributed by atoms with Gasteiger partial charge in [0.1, 0.15) is 0 Å². The molecular formula is C14H16N2OS. The summed E-state index contributed by atoms with van der Waals surface area (Å²) in [6.45, 7) is 4.28. The van der Waals surface area contributed by atoms with Gasteiger partial charge in [-0.15, -0.1) is 11.8 Å². The second-order valence-electron chi connectivity index (χ2n) is 4.19. The molecule has 4 heteroatoms. The summed E-state index contributed by atoms with van der Waals surface area (Å²) in [5, 5.41) is 0. The van der Waals surface area contributed by atoms with Crippen molar-refractivity contribution in [3.05, 3.63) is 47.5 Å². The van der Waals surface area contributed by atoms with Gasteiger partial charge in [-0.3, -0.25) is 4.79 Å². The molecule has 2 rings (SSSR count). The molecule has 0 saturated heterocycles. The SMILES string of the molecule is CSc1ccc(C(=O)Cn2cnc(C)c2C)cc1. The third kappa shape index (κ3) is 2.64. The number of hydrogen-bond donors (Lipinski definition) is 0. The molecule has 1 aromatic carbocycles. The lowest BCUT2D eigenvalue weighted by Gasteiger charge is -2.05. The van der Waals surface area contributed by atoms with Gasteiger partial charge in [0.25, 0.3) is 0 Å². The molecule has 0 aliphatic heterocycles. The highest BCUT2D eigenvalue weighted by Crippen LogP contribution is 2.15. The van der Waals surface area contributed by atoms with Gasteiger partial charge in [0, 0.05) is 16.2 Å². The lowest BCUT2D eigenvalue weighted by Crippen LogP contribution is -2.10. The molecule has 2 aromatic rings. The standard InChI is InChI=1S/C14H16N2OS/c1-10-11(2)16(9-15-10)8-14(17)12-4-6-13(18-3)7-5-12/h4-7,9H,8H2,1-3H3. The average Bonchev–Trinajstić information content (AvgIpc) is 2.71. The van der Waals surface area contributed by atoms with Gasteiger partial charge < -0.3 is 4.57 Å². The maximum Gasteiger partial charge on any atom is 0.182 e. The van der Waals surface area contributed by atoms with Crippen LogP contribution in [0.15, 0.2) is 35.5 Å². The molecule has 0 aliphatic carbocycles. The van der Waals surface area contributed by atoms with E-state index < -0.39 is 0 Å². The zero-order valence-electron chi connectivity index (χ0n) is 10.8. The second-order valence-corrected chi connectivity index (χ2v) is 5.07. The van der Waals surface area contributed by atoms with Gasteiger partial charge in [-0.1, -0.05) is 12.1 Å². The fourth-order valence-corrected chi connectivity index (χ4v) is 2.13. The number of Topliss-reactive ketones (excluding diaryl/α,β-unsaturated/α-hetero) is 1. The first-order chi connectivity index (χ1) is 8.61. The molecule has 1 heterocycles. The number of ketones is 1. The maximum atomic E-state index is 12.1. The fraction of sp³-hybridized carbons (Fsp3) is 0.286. The Kier molecular flexibility index (Phi) is 3.87. The van der Waals surface area contributed by atoms with Crippen LogP contribution in [0.1, 0.15) is 21.7 Å². The van der Waals surface area contributed by atoms with Crippen molar-refractivity contribution in [3.8, 4) is 0 Å². The summed E-state index contributed by atoms with van der Waals surface area (Å²) < 4.78 is 1.89. The summed E-state index contributed by atoms with van der Waals surface area (Å²) in [7, 11) is 0. The lowest BCUT2D eigenvalue weighted by atomic mass is 10.1. The summed E-state index contributed by atoms with van der Waals surface area (Å²) in [6.07, 6.45) is 3.74. The van der Waals surface area contributed by atoms with Crippen molar-refractivity contribution in [1.29, 1.82) is 0 Å². The van der Waals surface area contributed by atoms with Crippen molar-refractivity contribution >= 4 is 17.5 Å². The van der Waals surface area contributed by atoms with Crippen LogP contribution in [0.3, 0.4) is 0 Å². The minimum absolute atomic E-state index is 0.114. The molecular weight excluding hydrogens is 244 g/mol. The predicted octanol–water partition coefficient (Wildman–Crippen LogP) is 3.10. The zero-order valence-corrected chi connectivity index (χ0v) is 11.6. The molecule has 0 bridgehead atoms. The van der Waals surface area contributed by atoms with E-state index in [1.807, 2.05) is 48.9 Å². The van der Waals surface area contributed by atoms with E-state index in [4.69, 9.17) is 0 Å². The first-order valence-corrected chi connectivity index (χ1v) is 7.00. The monoisotopic (exact) mass is 260 g/mol. The molecule has 3 nitrogen and oxygen atoms in total. The Morgan fingerprint density at radius 3 is 2.44 bits per heavy atom. The van der Waals surface area contributed by atoms with Crippen LogP contribution in [0.2, 0.25) is 0 Å². The minimum Gasteiger partial charge on any atom is -0.327 e. The van der Waals surface area contributed by atoms with Gasteiger partial charge >= 0.3 is 0 Å². The van der Waals surface area contributed by atoms with Crippen molar-refractivity contribution in [2.45, 2.75) is 25.3 Å². The van der Waals surface area contributed by atoms with E-state index in [0.29, 0.717) is 6.54 Å². The molecule has 0 fully saturated rings. The van der Waals surface area contributed by atoms with Crippen molar-refractivity contribution in [3.63, 3.8) is 0 Å². The summed E-state index contributed by atoms with van der Waals surface area (Å²) in [6, 6.07) is 7.72. The smallest absolute Gasteiger partial charge is 0.182 e. The zero-order chi connectivity index (χ0) is 13.1. The molecule has 94 valence electrons. The minimum atomic E-state index is 0.114. The number of nitrogens with zero attached hydrogens (tertiary/aromatic N) is 2. The van der Waals surface area contributed by atoms with Gasteiger partial charge in [0.2, 0.25) is 0 Å². The summed E-state index contributed by atoms with van der Waals surface area (Å²) in [5.41, 5.74) is 2.77. The fourth-order valence-electron chi connectivity index (χ4n) is 1.73. The topological polar surface area (TPSA) is 34.9 Å². The van der Waals surface area contributed by atoms with Gasteiger partial charge in [-0.05, 0) is 32.2 Å². The molecule has 0 amide bonds. The van der Waals surface area contributed by atoms with Crippen molar-refractivity contribution in [1.82, 2.24) is 9.55 Å². The molecule has 0 N–H and O–H groups in total. The molecule has 1 aromatic heterocycles. The van der Waals surface area contributed by atoms with E-state index in [1.165, 1.54) is 4.90 Å². The normalized spacial score (nSPS) is 10.6. The Balaban J connectivity index is 2.14. The molecule has 0 atom stereocenters. The highest BCUT2D eigenvalue weighted by Gasteiger charge is 2.09. The van der Waals surface area contributed by atoms with E-state index in [-0.39, 0.29) is 5.78 Å². The van der Waals surface area contributed by atoms with Crippen LogP contribution in [0.4, 0.5) is 0 Å². The van der Waals surface area contributed by atoms with Gasteiger partial charge in [-0.25, -0.2) is 4.98 Å². The second kappa shape index (κ2) is 5.40. The number of benzene rings is 1. The van der Waals surface area contributed by atoms with E-state index in [9.17, 15) is 4.79 Å². The molecule has 0 aliphatic rings. The third-order valence-electron chi connectivity index (χ3n) is 3.07. The third-order valence-corrected chi connectivity index (χ3v) is 3.81. The lowest BCUT2D eigenvalue weighted by molar-refractivity contribution is 0.0971. The number of carbonyl (C=O) groups excluding carboxylic acids is 1. The summed E-state index contributed by atoms with van der Waals surface area (Å²) in [5.74, 6) is 0.114. The Bertz CT molecular complexity index is 558. The Morgan fingerprint density at radius 1 is 1.28 bits per heavy atom. The largest absolute Gasteiger partial charge is 0.327 e. The number of hydrogen-bond acceptors (Lipinski definition) is 3. The van der Waals surface area contributed by atoms with E-state index in [2.05, 4.69) is 4.98 Å². The molecule has 0 saturated carbocycles. The van der Waals surface area contributed by atoms with E-state index in [0.717, 1.165) is 17.0 Å². The van der Waals surface area contributed by atoms with Crippen LogP contribution < -0.4 is 0 Å². The van der Waals surface area contributed by atoms with Crippen LogP contribution in [-0.2, 0) is 6.54 Å². The quantitative estimate of drug-likeness (QED) is 0.626. The van der Waals surface area contributed by atoms with Crippen LogP contribution in [-0.4, -0.2) is 21.6 Å². The number of thioether (sulfide) groups is 1. The Hall–Kier alpha value is -1.55. The van der Waals surface area contributed by atoms with Crippen molar-refractivity contribution < 1.29 is 4.79 Å². The van der Waals surface area contributed by atoms with E-state index >= 15 is 0 Å². The highest BCUT2D eigenvalue weighted by atomic mass is 32.2. The van der Waals surface area contributed by atoms with Crippen LogP contribution in [0.25, 0.3) is 0 Å². The first-order valence-electron chi connectivity index (χ1n) is 5.77. The predicted molar refractivity (Wildman–Crippen MR) is 74.3 cm³/mol. The van der Waals surface area contributed by atoms with Crippen LogP contribution in [0, 0.1) is 13.8 Å². The van der Waals surface area contributed by atoms with Gasteiger partial charge in [-0.2, -0.15) is 0 Å². The Morgan fingerprint density at radius 2 is 1.94 bits per heavy atom. The van der Waals surface area contributed by atoms with Crippen LogP contribution >= 0.6 is 11.8 Å². The summed E-state index contributed by atoms with van der Waals surface area (Å²) >= 11 is 1.67. The van der Waals surface area contributed by atoms with Gasteiger partial charge in [0.15, 0.2) is 5.78 Å². The van der Waals surface area contributed by atoms with Crippen molar-refractivity contribution in [2.24, 2.45) is 0 Å². The summed E-state index contributed by atoms with van der Waals surface area (Å²) in [4.78, 5) is 17.5. The van der Waals surface area contributed by atoms with Gasteiger partial charge in [0.05, 0.1) is 18.6 Å². The first kappa shape index (κ1) is 12.9. The average molecular weight is 260 g/mol. The number of aromatic nitrogens is 2. The Labute approximate surface area is 111 Å². The molecule has 0 spiro atoms. The number of carbonyl (C=O) groups is 1. The maximum absolute atomic E-state index is 12.1. The van der Waals surface area contributed by atoms with E-state index in [1.54, 1.807) is 18.1 Å². The van der Waals surface area contributed by atoms with Crippen LogP contribution in [0.5, 0.6) is 0 Å². The van der Waals surface area contributed by atoms with Crippen molar-refractivity contribution in [2.75, 3.05) is 6.26 Å². The number of imidazole rings is 1.